The number of nitrogens with one attached hydrogen (secondary N) is 2. The molecule has 4 N–H and O–H groups in total. The molecule has 1 aromatic heterocycles. The Labute approximate surface area is 258 Å². The molecule has 44 heavy (non-hydrogen) atoms. The number of carbonyl (C=O) groups excluding carboxylic acids is 3. The summed E-state index contributed by atoms with van der Waals surface area (Å²) in [6.45, 7) is 5.11. The maximum Gasteiger partial charge on any atom is 0.407 e. The third-order valence-corrected chi connectivity index (χ3v) is 10.1. The summed E-state index contributed by atoms with van der Waals surface area (Å²) < 4.78 is 19.4. The standard InChI is InChI=1S/C32H46FN7O4/c1-32(2,3)44-31(43)35-26(19-33)21-9-11-23(12-10-21)30(42)40(24-15-13-22(14-16-24)29-36-38-39-37-29)18-17-25(27(40)28(34)41)20-7-5-4-6-8-20/h13-16,20-21,23,25-27H,4-12,17-19H2,1-3H3,(H3-,34,35,36,37,38,39,41,43)/p+1/t21-,23-,25-,26+,27-,40?/m0/s1. The normalized spacial score (nSPS) is 28.7. The SMILES string of the molecule is CC(C)(C)OC(=O)N[C@H](CF)[C@H]1CC[C@H](C(=O)[N+]2(c3ccc(-c4nnn[nH]4)cc3)CC[C@@H](C3CCCCC3)[C@H]2C(N)=O)CC1. The second-order valence-corrected chi connectivity index (χ2v) is 13.9. The molecule has 5 rings (SSSR count). The van der Waals surface area contributed by atoms with Crippen LogP contribution >= 0.6 is 0 Å². The fourth-order valence-corrected chi connectivity index (χ4v) is 8.13. The van der Waals surface area contributed by atoms with Gasteiger partial charge in [-0.15, -0.1) is 5.10 Å². The Morgan fingerprint density at radius 3 is 2.30 bits per heavy atom. The minimum absolute atomic E-state index is 0.0107. The molecule has 1 aromatic carbocycles. The highest BCUT2D eigenvalue weighted by molar-refractivity contribution is 5.98. The number of nitrogens with two attached hydrogens (primary N) is 1. The van der Waals surface area contributed by atoms with E-state index in [1.54, 1.807) is 20.8 Å². The number of tetrazole rings is 1. The van der Waals surface area contributed by atoms with Gasteiger partial charge < -0.3 is 15.8 Å². The summed E-state index contributed by atoms with van der Waals surface area (Å²) in [7, 11) is 0. The van der Waals surface area contributed by atoms with Gasteiger partial charge in [-0.25, -0.2) is 23.6 Å². The molecule has 1 saturated heterocycles. The van der Waals surface area contributed by atoms with Crippen molar-refractivity contribution in [3.8, 4) is 11.4 Å². The van der Waals surface area contributed by atoms with Gasteiger partial charge in [0.1, 0.15) is 18.0 Å². The molecule has 0 bridgehead atoms. The Morgan fingerprint density at radius 1 is 1.05 bits per heavy atom. The monoisotopic (exact) mass is 612 g/mol. The minimum atomic E-state index is -0.706. The summed E-state index contributed by atoms with van der Waals surface area (Å²) in [5, 5.41) is 16.8. The number of halogens is 1. The molecule has 240 valence electrons. The molecule has 11 nitrogen and oxygen atoms in total. The lowest BCUT2D eigenvalue weighted by Crippen LogP contribution is -2.65. The number of rotatable bonds is 8. The molecule has 2 saturated carbocycles. The van der Waals surface area contributed by atoms with Crippen molar-refractivity contribution in [2.45, 2.75) is 103 Å². The summed E-state index contributed by atoms with van der Waals surface area (Å²) in [6, 6.07) is 6.25. The highest BCUT2D eigenvalue weighted by Crippen LogP contribution is 2.47. The first kappa shape index (κ1) is 32.0. The van der Waals surface area contributed by atoms with E-state index in [0.29, 0.717) is 44.0 Å². The van der Waals surface area contributed by atoms with E-state index in [-0.39, 0.29) is 28.1 Å². The Hall–Kier alpha value is -3.41. The third kappa shape index (κ3) is 6.64. The highest BCUT2D eigenvalue weighted by Gasteiger charge is 2.60. The number of likely N-dealkylation sites (tertiary alicyclic amines) is 1. The summed E-state index contributed by atoms with van der Waals surface area (Å²) in [5.74, 6) is 0.0922. The van der Waals surface area contributed by atoms with Crippen LogP contribution < -0.4 is 15.5 Å². The molecule has 4 atom stereocenters. The van der Waals surface area contributed by atoms with Crippen molar-refractivity contribution in [1.82, 2.24) is 30.4 Å². The molecule has 2 aliphatic carbocycles. The molecule has 0 spiro atoms. The predicted molar refractivity (Wildman–Crippen MR) is 164 cm³/mol. The Bertz CT molecular complexity index is 1280. The second-order valence-electron chi connectivity index (χ2n) is 13.9. The van der Waals surface area contributed by atoms with Crippen LogP contribution in [0.15, 0.2) is 24.3 Å². The molecule has 12 heteroatoms. The fraction of sp³-hybridized carbons (Fsp3) is 0.688. The molecule has 1 aliphatic heterocycles. The number of aromatic nitrogens is 4. The summed E-state index contributed by atoms with van der Waals surface area (Å²) >= 11 is 0. The van der Waals surface area contributed by atoms with E-state index < -0.39 is 36.4 Å². The number of ether oxygens (including phenoxy) is 1. The number of hydrogen-bond donors (Lipinski definition) is 3. The van der Waals surface area contributed by atoms with E-state index in [1.807, 2.05) is 24.3 Å². The van der Waals surface area contributed by atoms with Gasteiger partial charge in [-0.05, 0) is 93.7 Å². The lowest BCUT2D eigenvalue weighted by atomic mass is 9.75. The van der Waals surface area contributed by atoms with Gasteiger partial charge in [-0.2, -0.15) is 0 Å². The highest BCUT2D eigenvalue weighted by atomic mass is 19.1. The average molecular weight is 613 g/mol. The summed E-state index contributed by atoms with van der Waals surface area (Å²) in [5.41, 5.74) is 7.07. The number of benzene rings is 1. The number of quaternary nitrogens is 1. The van der Waals surface area contributed by atoms with Crippen LogP contribution in [0.3, 0.4) is 0 Å². The van der Waals surface area contributed by atoms with Crippen LogP contribution in [-0.2, 0) is 14.3 Å². The van der Waals surface area contributed by atoms with Gasteiger partial charge in [0.15, 0.2) is 11.9 Å². The van der Waals surface area contributed by atoms with Gasteiger partial charge in [0.2, 0.25) is 0 Å². The van der Waals surface area contributed by atoms with Crippen molar-refractivity contribution in [3.05, 3.63) is 24.3 Å². The zero-order valence-corrected chi connectivity index (χ0v) is 26.1. The number of carbonyl (C=O) groups is 3. The minimum Gasteiger partial charge on any atom is -0.444 e. The number of alkyl carbamates (subject to hydrolysis) is 1. The maximum atomic E-state index is 14.8. The lowest BCUT2D eigenvalue weighted by Gasteiger charge is -2.42. The Morgan fingerprint density at radius 2 is 1.73 bits per heavy atom. The van der Waals surface area contributed by atoms with Gasteiger partial charge in [0.05, 0.1) is 18.5 Å². The van der Waals surface area contributed by atoms with E-state index >= 15 is 0 Å². The fourth-order valence-electron chi connectivity index (χ4n) is 8.13. The lowest BCUT2D eigenvalue weighted by molar-refractivity contribution is -0.142. The molecule has 3 amide bonds. The van der Waals surface area contributed by atoms with Crippen LogP contribution in [-0.4, -0.2) is 69.4 Å². The van der Waals surface area contributed by atoms with Crippen molar-refractivity contribution in [1.29, 1.82) is 0 Å². The number of amides is 3. The van der Waals surface area contributed by atoms with Crippen LogP contribution in [0.5, 0.6) is 0 Å². The number of alkyl halides is 1. The summed E-state index contributed by atoms with van der Waals surface area (Å²) in [6.07, 6.45) is 7.99. The van der Waals surface area contributed by atoms with Crippen LogP contribution in [0.25, 0.3) is 11.4 Å². The number of H-pyrrole nitrogens is 1. The molecule has 3 fully saturated rings. The van der Waals surface area contributed by atoms with Crippen molar-refractivity contribution in [2.24, 2.45) is 29.4 Å². The molecular formula is C32H47FN7O4+. The van der Waals surface area contributed by atoms with Crippen molar-refractivity contribution in [2.75, 3.05) is 13.2 Å². The molecule has 2 heterocycles. The largest absolute Gasteiger partial charge is 0.444 e. The van der Waals surface area contributed by atoms with E-state index in [2.05, 4.69) is 25.9 Å². The molecule has 1 unspecified atom stereocenters. The third-order valence-electron chi connectivity index (χ3n) is 10.1. The smallest absolute Gasteiger partial charge is 0.407 e. The van der Waals surface area contributed by atoms with E-state index in [9.17, 15) is 18.8 Å². The number of nitrogens with zero attached hydrogens (tertiary/aromatic N) is 4. The topological polar surface area (TPSA) is 153 Å². The van der Waals surface area contributed by atoms with Gasteiger partial charge in [-0.1, -0.05) is 19.3 Å². The summed E-state index contributed by atoms with van der Waals surface area (Å²) in [4.78, 5) is 40.6. The predicted octanol–water partition coefficient (Wildman–Crippen LogP) is 4.82. The van der Waals surface area contributed by atoms with E-state index in [1.165, 1.54) is 6.42 Å². The Balaban J connectivity index is 1.40. The second kappa shape index (κ2) is 13.3. The number of hydrogen-bond acceptors (Lipinski definition) is 7. The molecular weight excluding hydrogens is 565 g/mol. The van der Waals surface area contributed by atoms with Crippen molar-refractivity contribution < 1.29 is 23.5 Å². The Kier molecular flexibility index (Phi) is 9.67. The van der Waals surface area contributed by atoms with Crippen molar-refractivity contribution >= 4 is 23.6 Å². The molecule has 2 aromatic rings. The first-order valence-corrected chi connectivity index (χ1v) is 16.1. The van der Waals surface area contributed by atoms with Crippen LogP contribution in [0, 0.1) is 23.7 Å². The van der Waals surface area contributed by atoms with Gasteiger partial charge in [-0.3, -0.25) is 4.79 Å². The van der Waals surface area contributed by atoms with Crippen LogP contribution in [0.1, 0.15) is 85.0 Å². The quantitative estimate of drug-likeness (QED) is 0.361. The first-order chi connectivity index (χ1) is 21.0. The average Bonchev–Trinajstić information content (AvgIpc) is 3.69. The zero-order valence-electron chi connectivity index (χ0n) is 26.1. The van der Waals surface area contributed by atoms with E-state index in [0.717, 1.165) is 43.4 Å². The van der Waals surface area contributed by atoms with Crippen LogP contribution in [0.4, 0.5) is 14.9 Å². The van der Waals surface area contributed by atoms with Gasteiger partial charge in [0, 0.05) is 30.0 Å². The number of aromatic amines is 1. The molecule has 0 radical (unpaired) electrons. The van der Waals surface area contributed by atoms with Crippen molar-refractivity contribution in [3.63, 3.8) is 0 Å². The van der Waals surface area contributed by atoms with Gasteiger partial charge in [0.25, 0.3) is 5.91 Å². The maximum absolute atomic E-state index is 14.8. The van der Waals surface area contributed by atoms with E-state index in [4.69, 9.17) is 10.5 Å². The zero-order chi connectivity index (χ0) is 31.5. The molecule has 3 aliphatic rings. The number of primary amides is 1. The van der Waals surface area contributed by atoms with Crippen LogP contribution in [0.2, 0.25) is 0 Å². The first-order valence-electron chi connectivity index (χ1n) is 16.1. The van der Waals surface area contributed by atoms with Gasteiger partial charge >= 0.3 is 12.0 Å².